The Morgan fingerprint density at radius 1 is 1.12 bits per heavy atom. The second kappa shape index (κ2) is 10.5. The zero-order valence-corrected chi connectivity index (χ0v) is 16.1. The Morgan fingerprint density at radius 2 is 1.84 bits per heavy atom. The van der Waals surface area contributed by atoms with Crippen molar-refractivity contribution in [2.75, 3.05) is 26.2 Å². The SMILES string of the molecule is Cl.NCCN(CCc1ccccc1)C(=O)CNS(=O)(=O)c1cccs1. The number of nitrogens with zero attached hydrogens (tertiary/aromatic N) is 1. The molecule has 1 heterocycles. The highest BCUT2D eigenvalue weighted by atomic mass is 35.5. The van der Waals surface area contributed by atoms with Gasteiger partial charge >= 0.3 is 0 Å². The molecule has 1 aromatic carbocycles. The number of thiophene rings is 1. The minimum absolute atomic E-state index is 0. The topological polar surface area (TPSA) is 92.5 Å². The highest BCUT2D eigenvalue weighted by Crippen LogP contribution is 2.15. The number of nitrogens with one attached hydrogen (secondary N) is 1. The van der Waals surface area contributed by atoms with Crippen molar-refractivity contribution < 1.29 is 13.2 Å². The molecule has 0 saturated carbocycles. The number of carbonyl (C=O) groups is 1. The average molecular weight is 404 g/mol. The molecule has 1 amide bonds. The van der Waals surface area contributed by atoms with Crippen molar-refractivity contribution in [1.29, 1.82) is 0 Å². The van der Waals surface area contributed by atoms with Crippen LogP contribution in [0.3, 0.4) is 0 Å². The number of sulfonamides is 1. The molecule has 1 aromatic heterocycles. The van der Waals surface area contributed by atoms with Gasteiger partial charge in [0.1, 0.15) is 4.21 Å². The number of rotatable bonds is 9. The standard InChI is InChI=1S/C16H21N3O3S2.ClH/c17-9-11-19(10-8-14-5-2-1-3-6-14)15(20)13-18-24(21,22)16-7-4-12-23-16;/h1-7,12,18H,8-11,13,17H2;1H. The summed E-state index contributed by atoms with van der Waals surface area (Å²) >= 11 is 1.11. The zero-order chi connectivity index (χ0) is 17.4. The highest BCUT2D eigenvalue weighted by molar-refractivity contribution is 7.91. The third-order valence-electron chi connectivity index (χ3n) is 3.44. The summed E-state index contributed by atoms with van der Waals surface area (Å²) in [5.74, 6) is -0.281. The Balaban J connectivity index is 0.00000312. The van der Waals surface area contributed by atoms with Crippen molar-refractivity contribution >= 4 is 39.7 Å². The maximum absolute atomic E-state index is 12.3. The maximum atomic E-state index is 12.3. The summed E-state index contributed by atoms with van der Waals surface area (Å²) in [7, 11) is -3.64. The molecule has 0 unspecified atom stereocenters. The Bertz CT molecular complexity index is 737. The molecule has 0 bridgehead atoms. The van der Waals surface area contributed by atoms with Crippen molar-refractivity contribution in [2.24, 2.45) is 5.73 Å². The van der Waals surface area contributed by atoms with Gasteiger partial charge in [-0.15, -0.1) is 23.7 Å². The van der Waals surface area contributed by atoms with E-state index in [2.05, 4.69) is 4.72 Å². The summed E-state index contributed by atoms with van der Waals surface area (Å²) in [6.45, 7) is 0.959. The molecule has 2 rings (SSSR count). The van der Waals surface area contributed by atoms with Crippen LogP contribution in [0.25, 0.3) is 0 Å². The summed E-state index contributed by atoms with van der Waals surface area (Å²) in [5, 5.41) is 1.68. The molecule has 0 aliphatic rings. The molecule has 2 aromatic rings. The summed E-state index contributed by atoms with van der Waals surface area (Å²) in [4.78, 5) is 13.9. The fourth-order valence-electron chi connectivity index (χ4n) is 2.18. The fraction of sp³-hybridized carbons (Fsp3) is 0.312. The zero-order valence-electron chi connectivity index (χ0n) is 13.6. The molecule has 0 atom stereocenters. The lowest BCUT2D eigenvalue weighted by molar-refractivity contribution is -0.129. The lowest BCUT2D eigenvalue weighted by Crippen LogP contribution is -2.43. The molecule has 0 saturated heterocycles. The molecule has 0 aliphatic heterocycles. The normalized spacial score (nSPS) is 10.9. The van der Waals surface area contributed by atoms with Gasteiger partial charge < -0.3 is 10.6 Å². The first-order chi connectivity index (χ1) is 11.5. The number of benzene rings is 1. The third kappa shape index (κ3) is 6.75. The van der Waals surface area contributed by atoms with Crippen molar-refractivity contribution in [1.82, 2.24) is 9.62 Å². The van der Waals surface area contributed by atoms with E-state index in [0.29, 0.717) is 26.1 Å². The van der Waals surface area contributed by atoms with Crippen LogP contribution in [0.4, 0.5) is 0 Å². The first-order valence-corrected chi connectivity index (χ1v) is 9.94. The summed E-state index contributed by atoms with van der Waals surface area (Å²) < 4.78 is 26.7. The number of carbonyl (C=O) groups excluding carboxylic acids is 1. The Labute approximate surface area is 158 Å². The summed E-state index contributed by atoms with van der Waals surface area (Å²) in [6, 6.07) is 13.0. The number of amides is 1. The van der Waals surface area contributed by atoms with Gasteiger partial charge in [0.05, 0.1) is 6.54 Å². The van der Waals surface area contributed by atoms with Gasteiger partial charge in [0, 0.05) is 19.6 Å². The molecule has 25 heavy (non-hydrogen) atoms. The molecule has 6 nitrogen and oxygen atoms in total. The predicted molar refractivity (Wildman–Crippen MR) is 103 cm³/mol. The second-order valence-corrected chi connectivity index (χ2v) is 8.10. The second-order valence-electron chi connectivity index (χ2n) is 5.16. The molecule has 0 aliphatic carbocycles. The van der Waals surface area contributed by atoms with E-state index in [0.717, 1.165) is 16.9 Å². The number of hydrogen-bond acceptors (Lipinski definition) is 5. The van der Waals surface area contributed by atoms with Crippen LogP contribution < -0.4 is 10.5 Å². The van der Waals surface area contributed by atoms with Crippen LogP contribution in [-0.4, -0.2) is 45.4 Å². The van der Waals surface area contributed by atoms with Gasteiger partial charge in [-0.1, -0.05) is 36.4 Å². The molecule has 0 fully saturated rings. The van der Waals surface area contributed by atoms with Crippen LogP contribution in [0.2, 0.25) is 0 Å². The number of hydrogen-bond donors (Lipinski definition) is 2. The minimum Gasteiger partial charge on any atom is -0.340 e. The summed E-state index contributed by atoms with van der Waals surface area (Å²) in [5.41, 5.74) is 6.68. The highest BCUT2D eigenvalue weighted by Gasteiger charge is 2.19. The van der Waals surface area contributed by atoms with Crippen LogP contribution in [0.1, 0.15) is 5.56 Å². The van der Waals surface area contributed by atoms with E-state index in [-0.39, 0.29) is 29.1 Å². The molecule has 138 valence electrons. The van der Waals surface area contributed by atoms with Gasteiger partial charge in [-0.25, -0.2) is 13.1 Å². The lowest BCUT2D eigenvalue weighted by Gasteiger charge is -2.22. The molecular weight excluding hydrogens is 382 g/mol. The first kappa shape index (κ1) is 21.6. The fourth-order valence-corrected chi connectivity index (χ4v) is 4.19. The van der Waals surface area contributed by atoms with Crippen LogP contribution in [-0.2, 0) is 21.2 Å². The molecule has 0 radical (unpaired) electrons. The number of halogens is 1. The average Bonchev–Trinajstić information content (AvgIpc) is 3.13. The van der Waals surface area contributed by atoms with Crippen molar-refractivity contribution in [3.8, 4) is 0 Å². The van der Waals surface area contributed by atoms with Gasteiger partial charge in [-0.05, 0) is 23.4 Å². The van der Waals surface area contributed by atoms with Crippen LogP contribution in [0.5, 0.6) is 0 Å². The van der Waals surface area contributed by atoms with Crippen molar-refractivity contribution in [3.63, 3.8) is 0 Å². The number of nitrogens with two attached hydrogens (primary N) is 1. The van der Waals surface area contributed by atoms with E-state index in [1.807, 2.05) is 30.3 Å². The van der Waals surface area contributed by atoms with E-state index in [1.54, 1.807) is 16.3 Å². The molecule has 9 heteroatoms. The predicted octanol–water partition coefficient (Wildman–Crippen LogP) is 1.48. The minimum atomic E-state index is -3.64. The van der Waals surface area contributed by atoms with E-state index < -0.39 is 10.0 Å². The van der Waals surface area contributed by atoms with E-state index in [1.165, 1.54) is 6.07 Å². The Morgan fingerprint density at radius 3 is 2.44 bits per heavy atom. The van der Waals surface area contributed by atoms with E-state index in [4.69, 9.17) is 5.73 Å². The van der Waals surface area contributed by atoms with E-state index >= 15 is 0 Å². The maximum Gasteiger partial charge on any atom is 0.250 e. The smallest absolute Gasteiger partial charge is 0.250 e. The van der Waals surface area contributed by atoms with Crippen LogP contribution in [0.15, 0.2) is 52.1 Å². The van der Waals surface area contributed by atoms with Crippen molar-refractivity contribution in [3.05, 3.63) is 53.4 Å². The lowest BCUT2D eigenvalue weighted by atomic mass is 10.1. The molecule has 0 spiro atoms. The van der Waals surface area contributed by atoms with Gasteiger partial charge in [0.2, 0.25) is 5.91 Å². The molecule has 3 N–H and O–H groups in total. The van der Waals surface area contributed by atoms with Crippen LogP contribution in [0, 0.1) is 0 Å². The third-order valence-corrected chi connectivity index (χ3v) is 6.24. The van der Waals surface area contributed by atoms with Gasteiger partial charge in [-0.3, -0.25) is 4.79 Å². The Hall–Kier alpha value is -1.45. The molecular formula is C16H22ClN3O3S2. The van der Waals surface area contributed by atoms with Crippen molar-refractivity contribution in [2.45, 2.75) is 10.6 Å². The monoisotopic (exact) mass is 403 g/mol. The quantitative estimate of drug-likeness (QED) is 0.663. The first-order valence-electron chi connectivity index (χ1n) is 7.58. The largest absolute Gasteiger partial charge is 0.340 e. The summed E-state index contributed by atoms with van der Waals surface area (Å²) in [6.07, 6.45) is 0.699. The van der Waals surface area contributed by atoms with Gasteiger partial charge in [0.25, 0.3) is 10.0 Å². The Kier molecular flexibility index (Phi) is 9.09. The van der Waals surface area contributed by atoms with E-state index in [9.17, 15) is 13.2 Å². The van der Waals surface area contributed by atoms with Crippen LogP contribution >= 0.6 is 23.7 Å². The van der Waals surface area contributed by atoms with Gasteiger partial charge in [-0.2, -0.15) is 0 Å². The van der Waals surface area contributed by atoms with Gasteiger partial charge in [0.15, 0.2) is 0 Å².